The number of azide groups is 1. The second-order valence-electron chi connectivity index (χ2n) is 7.76. The Morgan fingerprint density at radius 2 is 1.83 bits per heavy atom. The molecule has 0 spiro atoms. The highest BCUT2D eigenvalue weighted by molar-refractivity contribution is 6.76. The third-order valence-corrected chi connectivity index (χ3v) is 5.79. The van der Waals surface area contributed by atoms with E-state index in [1.165, 1.54) is 0 Å². The average molecular weight is 570 g/mol. The second kappa shape index (κ2) is 14.5. The van der Waals surface area contributed by atoms with Crippen LogP contribution in [0.1, 0.15) is 11.9 Å². The number of nitrogens with one attached hydrogen (secondary N) is 1. The Morgan fingerprint density at radius 3 is 2.53 bits per heavy atom. The number of hydrogen-bond donors (Lipinski definition) is 2. The number of ether oxygens (including phenoxy) is 6. The van der Waals surface area contributed by atoms with Crippen LogP contribution in [0.3, 0.4) is 0 Å². The summed E-state index contributed by atoms with van der Waals surface area (Å²) in [6, 6.07) is 8.11. The molecule has 2 N–H and O–H groups in total. The molecule has 2 aliphatic heterocycles. The molecule has 0 bridgehead atoms. The van der Waals surface area contributed by atoms with E-state index in [9.17, 15) is 9.90 Å². The van der Waals surface area contributed by atoms with E-state index in [0.717, 1.165) is 5.56 Å². The molecule has 0 aliphatic carbocycles. The minimum atomic E-state index is -2.26. The zero-order chi connectivity index (χ0) is 26.0. The van der Waals surface area contributed by atoms with Crippen molar-refractivity contribution in [2.24, 2.45) is 5.11 Å². The van der Waals surface area contributed by atoms with Gasteiger partial charge in [0.15, 0.2) is 12.6 Å². The van der Waals surface area contributed by atoms with E-state index in [2.05, 4.69) is 15.3 Å². The van der Waals surface area contributed by atoms with Crippen molar-refractivity contribution in [3.63, 3.8) is 0 Å². The first-order valence-electron chi connectivity index (χ1n) is 11.1. The lowest BCUT2D eigenvalue weighted by Crippen LogP contribution is -2.67. The maximum Gasteiger partial charge on any atom is 0.272 e. The summed E-state index contributed by atoms with van der Waals surface area (Å²) in [6.45, 7) is 1.50. The van der Waals surface area contributed by atoms with Crippen LogP contribution in [0.2, 0.25) is 0 Å². The van der Waals surface area contributed by atoms with Crippen LogP contribution >= 0.6 is 34.8 Å². The molecule has 0 aromatic heterocycles. The third-order valence-electron chi connectivity index (χ3n) is 5.27. The molecule has 12 nitrogen and oxygen atoms in total. The van der Waals surface area contributed by atoms with Crippen molar-refractivity contribution in [1.29, 1.82) is 0 Å². The van der Waals surface area contributed by atoms with E-state index in [4.69, 9.17) is 68.8 Å². The summed E-state index contributed by atoms with van der Waals surface area (Å²) in [7, 11) is 0. The molecule has 2 aliphatic rings. The lowest BCUT2D eigenvalue weighted by molar-refractivity contribution is -0.344. The van der Waals surface area contributed by atoms with Gasteiger partial charge in [-0.15, -0.1) is 0 Å². The number of hydrogen-bond acceptors (Lipinski definition) is 9. The third kappa shape index (κ3) is 8.57. The summed E-state index contributed by atoms with van der Waals surface area (Å²) in [4.78, 5) is 15.0. The molecule has 1 aromatic rings. The molecule has 6 atom stereocenters. The van der Waals surface area contributed by atoms with Crippen molar-refractivity contribution >= 4 is 40.7 Å². The molecule has 1 aromatic carbocycles. The van der Waals surface area contributed by atoms with Crippen LogP contribution in [-0.4, -0.2) is 91.6 Å². The fourth-order valence-electron chi connectivity index (χ4n) is 3.60. The highest BCUT2D eigenvalue weighted by Crippen LogP contribution is 2.35. The van der Waals surface area contributed by atoms with Gasteiger partial charge in [-0.1, -0.05) is 70.2 Å². The summed E-state index contributed by atoms with van der Waals surface area (Å²) < 4.78 is 31.9. The number of fused-ring (bicyclic) bond motifs is 1. The number of nitrogens with zero attached hydrogens (tertiary/aromatic N) is 3. The van der Waals surface area contributed by atoms with Gasteiger partial charge in [0.1, 0.15) is 24.4 Å². The van der Waals surface area contributed by atoms with Gasteiger partial charge in [0.25, 0.3) is 9.70 Å². The molecule has 0 radical (unpaired) electrons. The minimum Gasteiger partial charge on any atom is -0.388 e. The summed E-state index contributed by atoms with van der Waals surface area (Å²) >= 11 is 17.1. The monoisotopic (exact) mass is 568 g/mol. The van der Waals surface area contributed by atoms with Crippen molar-refractivity contribution in [2.45, 2.75) is 40.7 Å². The Bertz CT molecular complexity index is 874. The van der Waals surface area contributed by atoms with E-state index in [0.29, 0.717) is 13.2 Å². The first-order valence-corrected chi connectivity index (χ1v) is 12.3. The summed E-state index contributed by atoms with van der Waals surface area (Å²) in [5.74, 6) is -0.951. The first kappa shape index (κ1) is 29.2. The van der Waals surface area contributed by atoms with E-state index in [1.807, 2.05) is 30.3 Å². The molecule has 15 heteroatoms. The molecular formula is C21H27Cl3N4O8. The average Bonchev–Trinajstić information content (AvgIpc) is 2.87. The van der Waals surface area contributed by atoms with Gasteiger partial charge >= 0.3 is 0 Å². The fraction of sp³-hybridized carbons (Fsp3) is 0.667. The van der Waals surface area contributed by atoms with Crippen LogP contribution in [0.4, 0.5) is 0 Å². The van der Waals surface area contributed by atoms with Crippen molar-refractivity contribution in [3.8, 4) is 0 Å². The summed E-state index contributed by atoms with van der Waals surface area (Å²) in [6.07, 6.45) is -4.60. The molecule has 2 saturated heterocycles. The Labute approximate surface area is 222 Å². The van der Waals surface area contributed by atoms with E-state index in [-0.39, 0.29) is 33.0 Å². The van der Waals surface area contributed by atoms with Crippen LogP contribution in [0, 0.1) is 0 Å². The van der Waals surface area contributed by atoms with Crippen LogP contribution < -0.4 is 5.32 Å². The molecular weight excluding hydrogens is 543 g/mol. The Morgan fingerprint density at radius 1 is 1.14 bits per heavy atom. The Kier molecular flexibility index (Phi) is 11.7. The quantitative estimate of drug-likeness (QED) is 0.128. The molecule has 3 rings (SSSR count). The van der Waals surface area contributed by atoms with Crippen LogP contribution in [0.25, 0.3) is 10.4 Å². The van der Waals surface area contributed by atoms with E-state index < -0.39 is 46.6 Å². The highest BCUT2D eigenvalue weighted by Gasteiger charge is 2.51. The maximum atomic E-state index is 12.4. The predicted octanol–water partition coefficient (Wildman–Crippen LogP) is 2.40. The van der Waals surface area contributed by atoms with Crippen LogP contribution in [0.15, 0.2) is 35.4 Å². The number of rotatable bonds is 12. The van der Waals surface area contributed by atoms with Crippen LogP contribution in [-0.2, 0) is 33.2 Å². The first-order chi connectivity index (χ1) is 17.3. The van der Waals surface area contributed by atoms with Crippen molar-refractivity contribution < 1.29 is 38.3 Å². The number of amides is 1. The molecule has 1 amide bonds. The number of carbonyl (C=O) groups excluding carboxylic acids is 1. The zero-order valence-corrected chi connectivity index (χ0v) is 21.3. The maximum absolute atomic E-state index is 12.4. The number of carbonyl (C=O) groups is 1. The normalized spacial score (nSPS) is 28.1. The molecule has 2 heterocycles. The smallest absolute Gasteiger partial charge is 0.272 e. The number of halogens is 3. The van der Waals surface area contributed by atoms with Crippen molar-refractivity contribution in [2.75, 3.05) is 46.2 Å². The van der Waals surface area contributed by atoms with Gasteiger partial charge in [-0.25, -0.2) is 0 Å². The molecule has 36 heavy (non-hydrogen) atoms. The SMILES string of the molecule is [N-]=[N+]=NCCOCCOCCO[C@@H]1O[C@@H]2COC(c3ccccc3)O[C@H]2[C@H](O)[C@H]1NC(=O)C(Cl)(Cl)Cl. The van der Waals surface area contributed by atoms with E-state index in [1.54, 1.807) is 0 Å². The standard InChI is InChI=1S/C21H27Cl3N4O8/c22-21(23,24)20(30)27-15-16(29)17-14(12-34-18(36-17)13-4-2-1-3-5-13)35-19(15)33-11-10-32-9-8-31-7-6-26-28-25/h1-5,14-19,29H,6-12H2,(H,27,30)/t14-,15-,16-,17-,18?,19-/m1/s1. The largest absolute Gasteiger partial charge is 0.388 e. The number of aliphatic hydroxyl groups is 1. The van der Waals surface area contributed by atoms with Gasteiger partial charge in [-0.3, -0.25) is 4.79 Å². The topological polar surface area (TPSA) is 153 Å². The summed E-state index contributed by atoms with van der Waals surface area (Å²) in [5, 5.41) is 16.9. The van der Waals surface area contributed by atoms with E-state index >= 15 is 0 Å². The van der Waals surface area contributed by atoms with Gasteiger partial charge in [0, 0.05) is 17.0 Å². The fourth-order valence-corrected chi connectivity index (χ4v) is 3.76. The zero-order valence-electron chi connectivity index (χ0n) is 19.1. The lowest BCUT2D eigenvalue weighted by Gasteiger charge is -2.48. The second-order valence-corrected chi connectivity index (χ2v) is 10.0. The highest BCUT2D eigenvalue weighted by atomic mass is 35.6. The van der Waals surface area contributed by atoms with Gasteiger partial charge in [-0.05, 0) is 5.53 Å². The van der Waals surface area contributed by atoms with Gasteiger partial charge in [0.2, 0.25) is 0 Å². The lowest BCUT2D eigenvalue weighted by atomic mass is 9.95. The van der Waals surface area contributed by atoms with Gasteiger partial charge in [0.05, 0.1) is 39.6 Å². The Hall–Kier alpha value is -1.41. The van der Waals surface area contributed by atoms with Crippen molar-refractivity contribution in [3.05, 3.63) is 46.3 Å². The predicted molar refractivity (Wildman–Crippen MR) is 128 cm³/mol. The molecule has 200 valence electrons. The molecule has 0 saturated carbocycles. The number of benzene rings is 1. The van der Waals surface area contributed by atoms with Crippen LogP contribution in [0.5, 0.6) is 0 Å². The summed E-state index contributed by atoms with van der Waals surface area (Å²) in [5.41, 5.74) is 8.97. The molecule has 2 fully saturated rings. The minimum absolute atomic E-state index is 0.0714. The Balaban J connectivity index is 1.55. The van der Waals surface area contributed by atoms with Gasteiger partial charge in [-0.2, -0.15) is 0 Å². The number of alkyl halides is 3. The van der Waals surface area contributed by atoms with Gasteiger partial charge < -0.3 is 38.8 Å². The molecule has 1 unspecified atom stereocenters. The van der Waals surface area contributed by atoms with Crippen molar-refractivity contribution in [1.82, 2.24) is 5.32 Å². The number of aliphatic hydroxyl groups excluding tert-OH is 1.